The molecule has 7 rings (SSSR count). The van der Waals surface area contributed by atoms with Crippen molar-refractivity contribution in [1.82, 2.24) is 24.2 Å². The predicted molar refractivity (Wildman–Crippen MR) is 287 cm³/mol. The molecular formula is C57H75N6O9P. The van der Waals surface area contributed by atoms with E-state index in [-0.39, 0.29) is 42.4 Å². The largest absolute Gasteiger partial charge is 0.497 e. The van der Waals surface area contributed by atoms with E-state index in [0.29, 0.717) is 30.3 Å². The van der Waals surface area contributed by atoms with Crippen molar-refractivity contribution in [3.63, 3.8) is 0 Å². The van der Waals surface area contributed by atoms with Crippen LogP contribution in [-0.4, -0.2) is 88.4 Å². The molecule has 4 atom stereocenters. The number of aromatic nitrogens is 4. The van der Waals surface area contributed by atoms with Crippen molar-refractivity contribution < 1.29 is 37.5 Å². The molecule has 1 fully saturated rings. The Hall–Kier alpha value is -5.67. The number of nitrogens with one attached hydrogen (secondary N) is 2. The molecule has 2 N–H and O–H groups in total. The molecule has 1 saturated heterocycles. The molecule has 1 aliphatic heterocycles. The minimum atomic E-state index is -1.60. The molecule has 16 heteroatoms. The first-order valence-electron chi connectivity index (χ1n) is 26.0. The molecule has 1 unspecified atom stereocenters. The number of H-pyrrole nitrogens is 1. The summed E-state index contributed by atoms with van der Waals surface area (Å²) >= 11 is 0. The molecule has 0 saturated carbocycles. The highest BCUT2D eigenvalue weighted by Crippen LogP contribution is 2.51. The monoisotopic (exact) mass is 1020 g/mol. The Morgan fingerprint density at radius 2 is 1.34 bits per heavy atom. The predicted octanol–water partition coefficient (Wildman–Crippen LogP) is 12.1. The van der Waals surface area contributed by atoms with Crippen LogP contribution in [0.2, 0.25) is 0 Å². The fraction of sp³-hybridized carbons (Fsp3) is 0.474. The van der Waals surface area contributed by atoms with Crippen molar-refractivity contribution in [2.75, 3.05) is 39.4 Å². The van der Waals surface area contributed by atoms with Crippen molar-refractivity contribution in [3.8, 4) is 17.2 Å². The number of unbranched alkanes of at least 4 members (excludes halogenated alkanes) is 9. The zero-order valence-corrected chi connectivity index (χ0v) is 44.6. The van der Waals surface area contributed by atoms with Crippen molar-refractivity contribution in [3.05, 3.63) is 143 Å². The number of rotatable bonds is 30. The number of nitrogens with zero attached hydrogens (tertiary/aromatic N) is 4. The average molecular weight is 1020 g/mol. The summed E-state index contributed by atoms with van der Waals surface area (Å²) in [5, 5.41) is 2.68. The summed E-state index contributed by atoms with van der Waals surface area (Å²) in [6.07, 6.45) is 12.2. The van der Waals surface area contributed by atoms with Gasteiger partial charge in [0.05, 0.1) is 39.9 Å². The van der Waals surface area contributed by atoms with Crippen LogP contribution in [0.1, 0.15) is 128 Å². The number of carbonyl (C=O) groups excluding carboxylic acids is 1. The van der Waals surface area contributed by atoms with E-state index in [0.717, 1.165) is 29.5 Å². The van der Waals surface area contributed by atoms with Gasteiger partial charge in [0.2, 0.25) is 5.95 Å². The summed E-state index contributed by atoms with van der Waals surface area (Å²) in [7, 11) is 1.70. The van der Waals surface area contributed by atoms with Gasteiger partial charge in [-0.2, -0.15) is 4.98 Å². The summed E-state index contributed by atoms with van der Waals surface area (Å²) in [5.74, 6) is 1.41. The summed E-state index contributed by atoms with van der Waals surface area (Å²) in [6.45, 7) is 11.3. The Bertz CT molecular complexity index is 2580. The van der Waals surface area contributed by atoms with Crippen LogP contribution in [0.4, 0.5) is 5.95 Å². The van der Waals surface area contributed by atoms with Crippen molar-refractivity contribution in [2.45, 2.75) is 141 Å². The molecule has 1 amide bonds. The number of hydrogen-bond donors (Lipinski definition) is 2. The number of ether oxygens (including phenoxy) is 5. The minimum absolute atomic E-state index is 0.0494. The highest BCUT2D eigenvalue weighted by Gasteiger charge is 2.45. The molecule has 0 aliphatic carbocycles. The van der Waals surface area contributed by atoms with Crippen LogP contribution in [0.15, 0.2) is 120 Å². The summed E-state index contributed by atoms with van der Waals surface area (Å²) in [4.78, 5) is 38.4. The fourth-order valence-electron chi connectivity index (χ4n) is 9.42. The first-order chi connectivity index (χ1) is 35.5. The Kier molecular flexibility index (Phi) is 20.8. The van der Waals surface area contributed by atoms with Gasteiger partial charge in [-0.15, -0.1) is 0 Å². The van der Waals surface area contributed by atoms with Crippen molar-refractivity contribution >= 4 is 31.5 Å². The molecule has 3 heterocycles. The lowest BCUT2D eigenvalue weighted by Crippen LogP contribution is -2.39. The fourth-order valence-corrected chi connectivity index (χ4v) is 11.2. The number of hydrogen-bond acceptors (Lipinski definition) is 12. The van der Waals surface area contributed by atoms with Gasteiger partial charge in [0.25, 0.3) is 20.0 Å². The van der Waals surface area contributed by atoms with Gasteiger partial charge in [0.1, 0.15) is 35.2 Å². The summed E-state index contributed by atoms with van der Waals surface area (Å²) in [5.41, 5.74) is 1.31. The van der Waals surface area contributed by atoms with Gasteiger partial charge in [-0.05, 0) is 87.2 Å². The van der Waals surface area contributed by atoms with Crippen LogP contribution in [0.25, 0.3) is 11.2 Å². The molecular weight excluding hydrogens is 944 g/mol. The van der Waals surface area contributed by atoms with Gasteiger partial charge in [0.15, 0.2) is 17.8 Å². The normalized spacial score (nSPS) is 16.4. The van der Waals surface area contributed by atoms with E-state index >= 15 is 0 Å². The van der Waals surface area contributed by atoms with Gasteiger partial charge < -0.3 is 32.7 Å². The van der Waals surface area contributed by atoms with Gasteiger partial charge in [-0.25, -0.2) is 9.65 Å². The number of anilines is 1. The number of aromatic amines is 1. The van der Waals surface area contributed by atoms with Crippen LogP contribution in [0.5, 0.6) is 17.2 Å². The Morgan fingerprint density at radius 3 is 1.92 bits per heavy atom. The zero-order valence-electron chi connectivity index (χ0n) is 43.7. The second-order valence-corrected chi connectivity index (χ2v) is 20.4. The molecule has 4 aromatic carbocycles. The van der Waals surface area contributed by atoms with E-state index < -0.39 is 44.0 Å². The maximum absolute atomic E-state index is 13.5. The maximum atomic E-state index is 13.5. The van der Waals surface area contributed by atoms with E-state index in [9.17, 15) is 9.59 Å². The highest BCUT2D eigenvalue weighted by atomic mass is 31.2. The van der Waals surface area contributed by atoms with Gasteiger partial charge in [-0.1, -0.05) is 138 Å². The third-order valence-corrected chi connectivity index (χ3v) is 15.3. The lowest BCUT2D eigenvalue weighted by Gasteiger charge is -2.39. The standard InChI is InChI=1S/C57H75N6O9P/c1-8-9-10-11-12-13-14-15-16-23-36-70-73(63(41(2)3)42(4)5)72-49-37-52(62-40-58-53-54(62)60-56(61-55(53)65)59-51(64)39-68-48-26-21-18-22-27-48)71-50(49)38-69-57(43-24-19-17-20-25-43,44-28-32-46(66-6)33-29-44)45-30-34-47(67-7)35-31-45/h17-22,24-35,40-42,49-50,52H,8-16,23,36-39H2,1-7H3,(H2,59,60,61,64,65)/t49-,50+,52+,73?/m0/s1. The van der Waals surface area contributed by atoms with Crippen LogP contribution in [0.3, 0.4) is 0 Å². The first kappa shape index (κ1) is 55.1. The van der Waals surface area contributed by atoms with Crippen LogP contribution in [-0.2, 0) is 28.9 Å². The third kappa shape index (κ3) is 14.6. The quantitative estimate of drug-likeness (QED) is 0.0250. The van der Waals surface area contributed by atoms with Crippen LogP contribution in [0, 0.1) is 0 Å². The van der Waals surface area contributed by atoms with Gasteiger partial charge in [0, 0.05) is 18.5 Å². The average Bonchev–Trinajstić information content (AvgIpc) is 4.02. The number of amides is 1. The maximum Gasteiger partial charge on any atom is 0.280 e. The summed E-state index contributed by atoms with van der Waals surface area (Å²) < 4.78 is 49.6. The number of methoxy groups -OCH3 is 2. The van der Waals surface area contributed by atoms with Crippen molar-refractivity contribution in [2.24, 2.45) is 0 Å². The number of fused-ring (bicyclic) bond motifs is 1. The topological polar surface area (TPSA) is 161 Å². The second kappa shape index (κ2) is 27.6. The zero-order chi connectivity index (χ0) is 51.6. The number of benzene rings is 4. The molecule has 6 aromatic rings. The van der Waals surface area contributed by atoms with Crippen molar-refractivity contribution in [1.29, 1.82) is 0 Å². The first-order valence-corrected chi connectivity index (χ1v) is 27.1. The number of carbonyl (C=O) groups is 1. The molecule has 2 aromatic heterocycles. The smallest absolute Gasteiger partial charge is 0.280 e. The van der Waals surface area contributed by atoms with Gasteiger partial charge >= 0.3 is 0 Å². The van der Waals surface area contributed by atoms with E-state index in [1.54, 1.807) is 37.2 Å². The van der Waals surface area contributed by atoms with E-state index in [1.165, 1.54) is 51.4 Å². The molecule has 392 valence electrons. The molecule has 0 spiro atoms. The second-order valence-electron chi connectivity index (χ2n) is 19.0. The molecule has 15 nitrogen and oxygen atoms in total. The minimum Gasteiger partial charge on any atom is -0.497 e. The SMILES string of the molecule is CCCCCCCCCCCCOP(O[C@H]1C[C@H](n2cnc3c(=O)[nH]c(NC(=O)COc4ccccc4)nc32)O[C@@H]1COC(c1ccccc1)(c1ccc(OC)cc1)c1ccc(OC)cc1)N(C(C)C)C(C)C. The summed E-state index contributed by atoms with van der Waals surface area (Å²) in [6, 6.07) is 35.2. The Labute approximate surface area is 432 Å². The van der Waals surface area contributed by atoms with E-state index in [2.05, 4.69) is 66.7 Å². The Morgan fingerprint density at radius 1 is 0.781 bits per heavy atom. The third-order valence-electron chi connectivity index (χ3n) is 13.1. The van der Waals surface area contributed by atoms with Crippen LogP contribution < -0.4 is 25.1 Å². The lowest BCUT2D eigenvalue weighted by molar-refractivity contribution is -0.118. The number of para-hydroxylation sites is 1. The molecule has 1 aliphatic rings. The molecule has 0 radical (unpaired) electrons. The lowest BCUT2D eigenvalue weighted by atomic mass is 9.80. The Balaban J connectivity index is 1.20. The van der Waals surface area contributed by atoms with Crippen LogP contribution >= 0.6 is 8.53 Å². The van der Waals surface area contributed by atoms with E-state index in [1.807, 2.05) is 84.9 Å². The number of imidazole rings is 1. The molecule has 0 bridgehead atoms. The molecule has 73 heavy (non-hydrogen) atoms. The van der Waals surface area contributed by atoms with Gasteiger partial charge in [-0.3, -0.25) is 24.5 Å². The van der Waals surface area contributed by atoms with E-state index in [4.69, 9.17) is 37.7 Å². The highest BCUT2D eigenvalue weighted by molar-refractivity contribution is 7.44.